The fraction of sp³-hybridized carbons (Fsp3) is 0.368. The highest BCUT2D eigenvalue weighted by molar-refractivity contribution is 5.89. The number of hydrogen-bond acceptors (Lipinski definition) is 7. The van der Waals surface area contributed by atoms with Gasteiger partial charge in [-0.25, -0.2) is 14.6 Å². The van der Waals surface area contributed by atoms with E-state index in [0.29, 0.717) is 43.9 Å². The van der Waals surface area contributed by atoms with Crippen LogP contribution in [0.25, 0.3) is 17.2 Å². The van der Waals surface area contributed by atoms with Gasteiger partial charge in [-0.3, -0.25) is 4.79 Å². The molecule has 1 aromatic heterocycles. The summed E-state index contributed by atoms with van der Waals surface area (Å²) in [5.74, 6) is -0.701. The monoisotopic (exact) mass is 387 g/mol. The molecule has 3 rings (SSSR count). The van der Waals surface area contributed by atoms with Crippen LogP contribution < -0.4 is 0 Å². The maximum atomic E-state index is 12.2. The highest BCUT2D eigenvalue weighted by Gasteiger charge is 2.25. The van der Waals surface area contributed by atoms with Gasteiger partial charge in [-0.1, -0.05) is 12.1 Å². The predicted molar refractivity (Wildman–Crippen MR) is 99.2 cm³/mol. The molecule has 1 aromatic carbocycles. The Hall–Kier alpha value is -3.36. The van der Waals surface area contributed by atoms with Crippen LogP contribution in [0.2, 0.25) is 0 Å². The van der Waals surface area contributed by atoms with Gasteiger partial charge < -0.3 is 23.7 Å². The van der Waals surface area contributed by atoms with E-state index in [0.717, 1.165) is 6.08 Å². The molecule has 1 fully saturated rings. The van der Waals surface area contributed by atoms with Crippen molar-refractivity contribution in [2.45, 2.75) is 6.92 Å². The Labute approximate surface area is 161 Å². The standard InChI is InChI=1S/C19H21N3O6/c1-2-26-19(25)22-11-9-21(10-12-22)17(23)13-27-18(24)8-7-16-20-14-5-3-4-6-15(14)28-16/h3-8H,2,9-13H2,1H3/b8-7+. The van der Waals surface area contributed by atoms with Crippen LogP contribution in [0.1, 0.15) is 12.8 Å². The molecular weight excluding hydrogens is 366 g/mol. The molecule has 0 atom stereocenters. The van der Waals surface area contributed by atoms with E-state index in [1.54, 1.807) is 28.9 Å². The molecule has 0 bridgehead atoms. The summed E-state index contributed by atoms with van der Waals surface area (Å²) in [4.78, 5) is 42.9. The topological polar surface area (TPSA) is 102 Å². The molecule has 1 aliphatic rings. The van der Waals surface area contributed by atoms with Gasteiger partial charge in [-0.15, -0.1) is 0 Å². The average Bonchev–Trinajstić information content (AvgIpc) is 3.14. The molecule has 2 heterocycles. The van der Waals surface area contributed by atoms with Crippen LogP contribution in [0.4, 0.5) is 4.79 Å². The number of nitrogens with zero attached hydrogens (tertiary/aromatic N) is 3. The lowest BCUT2D eigenvalue weighted by Gasteiger charge is -2.33. The normalized spacial score (nSPS) is 14.5. The molecular formula is C19H21N3O6. The largest absolute Gasteiger partial charge is 0.452 e. The molecule has 0 aliphatic carbocycles. The number of hydrogen-bond donors (Lipinski definition) is 0. The fourth-order valence-electron chi connectivity index (χ4n) is 2.73. The number of esters is 1. The van der Waals surface area contributed by atoms with Gasteiger partial charge in [0.15, 0.2) is 12.2 Å². The molecule has 0 saturated carbocycles. The number of aromatic nitrogens is 1. The lowest BCUT2D eigenvalue weighted by atomic mass is 10.3. The van der Waals surface area contributed by atoms with E-state index in [-0.39, 0.29) is 24.5 Å². The Morgan fingerprint density at radius 1 is 1.11 bits per heavy atom. The maximum absolute atomic E-state index is 12.2. The number of carbonyl (C=O) groups excluding carboxylic acids is 3. The van der Waals surface area contributed by atoms with Gasteiger partial charge in [0.25, 0.3) is 5.91 Å². The minimum absolute atomic E-state index is 0.277. The molecule has 9 nitrogen and oxygen atoms in total. The van der Waals surface area contributed by atoms with Gasteiger partial charge in [0, 0.05) is 38.3 Å². The van der Waals surface area contributed by atoms with E-state index in [1.165, 1.54) is 6.08 Å². The summed E-state index contributed by atoms with van der Waals surface area (Å²) in [6, 6.07) is 7.24. The summed E-state index contributed by atoms with van der Waals surface area (Å²) in [6.07, 6.45) is 2.17. The Morgan fingerprint density at radius 2 is 1.82 bits per heavy atom. The maximum Gasteiger partial charge on any atom is 0.409 e. The molecule has 2 amide bonds. The van der Waals surface area contributed by atoms with Crippen LogP contribution in [0.5, 0.6) is 0 Å². The van der Waals surface area contributed by atoms with E-state index >= 15 is 0 Å². The van der Waals surface area contributed by atoms with Crippen molar-refractivity contribution in [3.8, 4) is 0 Å². The van der Waals surface area contributed by atoms with Crippen LogP contribution in [0.15, 0.2) is 34.8 Å². The van der Waals surface area contributed by atoms with E-state index < -0.39 is 5.97 Å². The first-order valence-electron chi connectivity index (χ1n) is 8.96. The summed E-state index contributed by atoms with van der Waals surface area (Å²) >= 11 is 0. The molecule has 1 saturated heterocycles. The number of rotatable bonds is 5. The molecule has 0 spiro atoms. The van der Waals surface area contributed by atoms with Crippen molar-refractivity contribution in [2.75, 3.05) is 39.4 Å². The van der Waals surface area contributed by atoms with Crippen LogP contribution in [-0.4, -0.2) is 72.1 Å². The van der Waals surface area contributed by atoms with Gasteiger partial charge >= 0.3 is 12.1 Å². The minimum atomic E-state index is -0.666. The average molecular weight is 387 g/mol. The lowest BCUT2D eigenvalue weighted by Crippen LogP contribution is -2.51. The summed E-state index contributed by atoms with van der Waals surface area (Å²) in [6.45, 7) is 3.19. The quantitative estimate of drug-likeness (QED) is 0.568. The summed E-state index contributed by atoms with van der Waals surface area (Å²) < 4.78 is 15.4. The highest BCUT2D eigenvalue weighted by atomic mass is 16.6. The van der Waals surface area contributed by atoms with Gasteiger partial charge in [0.1, 0.15) is 5.52 Å². The number of carbonyl (C=O) groups is 3. The van der Waals surface area contributed by atoms with Crippen molar-refractivity contribution in [2.24, 2.45) is 0 Å². The van der Waals surface area contributed by atoms with Crippen LogP contribution in [-0.2, 0) is 19.1 Å². The van der Waals surface area contributed by atoms with Crippen molar-refractivity contribution in [3.63, 3.8) is 0 Å². The number of benzene rings is 1. The fourth-order valence-corrected chi connectivity index (χ4v) is 2.73. The predicted octanol–water partition coefficient (Wildman–Crippen LogP) is 1.68. The van der Waals surface area contributed by atoms with Crippen LogP contribution in [0.3, 0.4) is 0 Å². The molecule has 9 heteroatoms. The summed E-state index contributed by atoms with van der Waals surface area (Å²) in [5, 5.41) is 0. The van der Waals surface area contributed by atoms with Gasteiger partial charge in [0.05, 0.1) is 6.61 Å². The first-order valence-corrected chi connectivity index (χ1v) is 8.96. The van der Waals surface area contributed by atoms with E-state index in [9.17, 15) is 14.4 Å². The second-order valence-electron chi connectivity index (χ2n) is 6.03. The summed E-state index contributed by atoms with van der Waals surface area (Å²) in [7, 11) is 0. The van der Waals surface area contributed by atoms with Crippen molar-refractivity contribution in [3.05, 3.63) is 36.2 Å². The lowest BCUT2D eigenvalue weighted by molar-refractivity contribution is -0.148. The molecule has 2 aromatic rings. The van der Waals surface area contributed by atoms with Gasteiger partial charge in [0.2, 0.25) is 5.89 Å². The number of para-hydroxylation sites is 2. The molecule has 148 valence electrons. The zero-order valence-corrected chi connectivity index (χ0v) is 15.5. The van der Waals surface area contributed by atoms with Crippen molar-refractivity contribution in [1.82, 2.24) is 14.8 Å². The molecule has 0 N–H and O–H groups in total. The third-order valence-electron chi connectivity index (χ3n) is 4.17. The zero-order chi connectivity index (χ0) is 19.9. The Kier molecular flexibility index (Phi) is 6.25. The smallest absolute Gasteiger partial charge is 0.409 e. The zero-order valence-electron chi connectivity index (χ0n) is 15.5. The first kappa shape index (κ1) is 19.4. The number of piperazine rings is 1. The number of amides is 2. The second kappa shape index (κ2) is 9.03. The number of oxazole rings is 1. The van der Waals surface area contributed by atoms with E-state index in [2.05, 4.69) is 4.98 Å². The summed E-state index contributed by atoms with van der Waals surface area (Å²) in [5.41, 5.74) is 1.31. The van der Waals surface area contributed by atoms with Gasteiger partial charge in [-0.2, -0.15) is 0 Å². The van der Waals surface area contributed by atoms with E-state index in [1.807, 2.05) is 12.1 Å². The number of ether oxygens (including phenoxy) is 2. The van der Waals surface area contributed by atoms with E-state index in [4.69, 9.17) is 13.9 Å². The van der Waals surface area contributed by atoms with Crippen molar-refractivity contribution in [1.29, 1.82) is 0 Å². The Balaban J connectivity index is 1.43. The van der Waals surface area contributed by atoms with Gasteiger partial charge in [-0.05, 0) is 19.1 Å². The Morgan fingerprint density at radius 3 is 2.54 bits per heavy atom. The Bertz CT molecular complexity index is 850. The molecule has 28 heavy (non-hydrogen) atoms. The molecule has 0 unspecified atom stereocenters. The minimum Gasteiger partial charge on any atom is -0.452 e. The van der Waals surface area contributed by atoms with Crippen LogP contribution >= 0.6 is 0 Å². The molecule has 1 aliphatic heterocycles. The third kappa shape index (κ3) is 4.87. The highest BCUT2D eigenvalue weighted by Crippen LogP contribution is 2.15. The van der Waals surface area contributed by atoms with Crippen molar-refractivity contribution < 1.29 is 28.3 Å². The third-order valence-corrected chi connectivity index (χ3v) is 4.17. The first-order chi connectivity index (χ1) is 13.6. The molecule has 0 radical (unpaired) electrons. The second-order valence-corrected chi connectivity index (χ2v) is 6.03. The van der Waals surface area contributed by atoms with Crippen molar-refractivity contribution >= 4 is 35.1 Å². The SMILES string of the molecule is CCOC(=O)N1CCN(C(=O)COC(=O)/C=C/c2nc3ccccc3o2)CC1. The number of fused-ring (bicyclic) bond motifs is 1. The van der Waals surface area contributed by atoms with Crippen LogP contribution in [0, 0.1) is 0 Å².